The Morgan fingerprint density at radius 1 is 0.686 bits per heavy atom. The van der Waals surface area contributed by atoms with Crippen molar-refractivity contribution in [2.24, 2.45) is 0 Å². The lowest BCUT2D eigenvalue weighted by atomic mass is 9.98. The Hall–Kier alpha value is -4.25. The molecular weight excluding hydrogens is 709 g/mol. The van der Waals surface area contributed by atoms with E-state index in [1.54, 1.807) is 30.3 Å². The van der Waals surface area contributed by atoms with Gasteiger partial charge in [-0.1, -0.05) is 92.8 Å². The topological polar surface area (TPSA) is 191 Å². The van der Waals surface area contributed by atoms with Crippen molar-refractivity contribution in [3.05, 3.63) is 112 Å². The summed E-state index contributed by atoms with van der Waals surface area (Å²) in [5.41, 5.74) is 0.687. The molecule has 1 heterocycles. The SMILES string of the molecule is O=S(=O)(O)c1cccc2c(S(=O)(=O)O)cccc12.O=c1ccc2c(C(O)CCCCCCCCOCC(F)(F)c3ccccc3)ccc(O)c2[nH]1. The van der Waals surface area contributed by atoms with Crippen LogP contribution in [0.15, 0.2) is 106 Å². The molecule has 1 aromatic heterocycles. The predicted molar refractivity (Wildman–Crippen MR) is 188 cm³/mol. The minimum Gasteiger partial charge on any atom is -0.506 e. The van der Waals surface area contributed by atoms with Gasteiger partial charge in [0, 0.05) is 34.4 Å². The molecule has 274 valence electrons. The highest BCUT2D eigenvalue weighted by Crippen LogP contribution is 2.32. The summed E-state index contributed by atoms with van der Waals surface area (Å²) in [7, 11) is -8.94. The van der Waals surface area contributed by atoms with Gasteiger partial charge in [-0.25, -0.2) is 0 Å². The largest absolute Gasteiger partial charge is 0.506 e. The van der Waals surface area contributed by atoms with Crippen LogP contribution in [-0.2, 0) is 30.9 Å². The smallest absolute Gasteiger partial charge is 0.296 e. The van der Waals surface area contributed by atoms with Crippen LogP contribution in [-0.4, -0.2) is 54.4 Å². The molecule has 5 aromatic rings. The van der Waals surface area contributed by atoms with E-state index in [0.29, 0.717) is 29.5 Å². The normalized spacial score (nSPS) is 12.8. The van der Waals surface area contributed by atoms with Crippen molar-refractivity contribution in [3.8, 4) is 5.75 Å². The average Bonchev–Trinajstić information content (AvgIpc) is 3.08. The molecule has 15 heteroatoms. The average molecular weight is 748 g/mol. The molecule has 0 bridgehead atoms. The maximum absolute atomic E-state index is 14.0. The van der Waals surface area contributed by atoms with E-state index >= 15 is 0 Å². The summed E-state index contributed by atoms with van der Waals surface area (Å²) in [4.78, 5) is 13.3. The Morgan fingerprint density at radius 3 is 1.84 bits per heavy atom. The molecule has 1 unspecified atom stereocenters. The summed E-state index contributed by atoms with van der Waals surface area (Å²) >= 11 is 0. The maximum Gasteiger partial charge on any atom is 0.296 e. The third-order valence-electron chi connectivity index (χ3n) is 8.16. The quantitative estimate of drug-likeness (QED) is 0.0543. The van der Waals surface area contributed by atoms with Gasteiger partial charge in [0.2, 0.25) is 5.56 Å². The summed E-state index contributed by atoms with van der Waals surface area (Å²) in [5.74, 6) is -2.99. The highest BCUT2D eigenvalue weighted by molar-refractivity contribution is 7.86. The van der Waals surface area contributed by atoms with E-state index in [-0.39, 0.29) is 27.6 Å². The van der Waals surface area contributed by atoms with Gasteiger partial charge >= 0.3 is 0 Å². The number of fused-ring (bicyclic) bond motifs is 2. The first-order valence-electron chi connectivity index (χ1n) is 16.1. The van der Waals surface area contributed by atoms with Crippen LogP contribution in [0.1, 0.15) is 62.2 Å². The molecule has 1 atom stereocenters. The molecule has 4 aromatic carbocycles. The van der Waals surface area contributed by atoms with Crippen LogP contribution in [0.3, 0.4) is 0 Å². The van der Waals surface area contributed by atoms with E-state index in [1.807, 2.05) is 0 Å². The number of rotatable bonds is 15. The molecular formula is C36H39F2NO10S2. The molecule has 0 saturated carbocycles. The maximum atomic E-state index is 14.0. The lowest BCUT2D eigenvalue weighted by molar-refractivity contribution is -0.0831. The van der Waals surface area contributed by atoms with Crippen molar-refractivity contribution in [3.63, 3.8) is 0 Å². The van der Waals surface area contributed by atoms with Crippen LogP contribution in [0.4, 0.5) is 8.78 Å². The van der Waals surface area contributed by atoms with Gasteiger partial charge < -0.3 is 19.9 Å². The molecule has 0 saturated heterocycles. The van der Waals surface area contributed by atoms with E-state index in [9.17, 15) is 40.6 Å². The van der Waals surface area contributed by atoms with Crippen molar-refractivity contribution in [2.75, 3.05) is 13.2 Å². The standard InChI is InChI=1S/C26H31F2NO4.C10H8O6S2/c27-26(28,19-10-6-5-7-11-19)18-33-17-9-4-2-1-3-8-12-22(30)20-13-15-23(31)25-21(20)14-16-24(32)29-25;11-17(12,13)9-5-1-3-7-8(9)4-2-6-10(7)18(14,15)16/h5-7,10-11,13-16,22,30-31H,1-4,8-9,12,17-18H2,(H,29,32);1-6H,(H,11,12,13)(H,14,15,16). The van der Waals surface area contributed by atoms with Gasteiger partial charge in [0.05, 0.1) is 11.6 Å². The molecule has 0 fully saturated rings. The zero-order valence-corrected chi connectivity index (χ0v) is 29.0. The first-order valence-corrected chi connectivity index (χ1v) is 19.0. The minimum absolute atomic E-state index is 0.0218. The molecule has 0 radical (unpaired) electrons. The third-order valence-corrected chi connectivity index (χ3v) is 9.98. The van der Waals surface area contributed by atoms with E-state index < -0.39 is 48.7 Å². The lowest BCUT2D eigenvalue weighted by Crippen LogP contribution is -2.21. The molecule has 5 N–H and O–H groups in total. The number of H-pyrrole nitrogens is 1. The van der Waals surface area contributed by atoms with Crippen LogP contribution in [0.5, 0.6) is 5.75 Å². The van der Waals surface area contributed by atoms with Gasteiger partial charge in [-0.2, -0.15) is 25.6 Å². The zero-order valence-electron chi connectivity index (χ0n) is 27.4. The highest BCUT2D eigenvalue weighted by Gasteiger charge is 2.31. The number of hydrogen-bond acceptors (Lipinski definition) is 8. The van der Waals surface area contributed by atoms with Gasteiger partial charge in [-0.05, 0) is 42.7 Å². The van der Waals surface area contributed by atoms with Crippen LogP contribution >= 0.6 is 0 Å². The summed E-state index contributed by atoms with van der Waals surface area (Å²) in [6, 6.07) is 21.4. The first-order chi connectivity index (χ1) is 24.1. The molecule has 0 spiro atoms. The molecule has 0 aliphatic carbocycles. The molecule has 51 heavy (non-hydrogen) atoms. The molecule has 0 amide bonds. The monoisotopic (exact) mass is 747 g/mol. The molecule has 0 aliphatic heterocycles. The van der Waals surface area contributed by atoms with E-state index in [4.69, 9.17) is 13.8 Å². The van der Waals surface area contributed by atoms with E-state index in [1.165, 1.54) is 48.5 Å². The highest BCUT2D eigenvalue weighted by atomic mass is 32.2. The fraction of sp³-hybridized carbons (Fsp3) is 0.306. The fourth-order valence-electron chi connectivity index (χ4n) is 5.62. The fourth-order valence-corrected chi connectivity index (χ4v) is 7.03. The summed E-state index contributed by atoms with van der Waals surface area (Å²) in [5, 5.41) is 21.2. The third kappa shape index (κ3) is 10.9. The van der Waals surface area contributed by atoms with Crippen LogP contribution in [0, 0.1) is 0 Å². The number of aromatic hydroxyl groups is 1. The van der Waals surface area contributed by atoms with Crippen molar-refractivity contribution >= 4 is 41.9 Å². The Morgan fingerprint density at radius 2 is 1.25 bits per heavy atom. The van der Waals surface area contributed by atoms with E-state index in [2.05, 4.69) is 4.98 Å². The number of halogens is 2. The van der Waals surface area contributed by atoms with Crippen LogP contribution in [0.2, 0.25) is 0 Å². The van der Waals surface area contributed by atoms with Crippen LogP contribution < -0.4 is 5.56 Å². The number of aromatic nitrogens is 1. The Kier molecular flexibility index (Phi) is 13.4. The number of aliphatic hydroxyl groups is 1. The number of nitrogens with one attached hydrogen (secondary N) is 1. The van der Waals surface area contributed by atoms with Gasteiger partial charge in [0.25, 0.3) is 26.2 Å². The van der Waals surface area contributed by atoms with Gasteiger partial charge in [0.15, 0.2) is 0 Å². The number of pyridine rings is 1. The van der Waals surface area contributed by atoms with Gasteiger partial charge in [-0.15, -0.1) is 0 Å². The number of alkyl halides is 2. The zero-order chi connectivity index (χ0) is 37.2. The predicted octanol–water partition coefficient (Wildman–Crippen LogP) is 7.14. The number of hydrogen-bond donors (Lipinski definition) is 5. The van der Waals surface area contributed by atoms with E-state index in [0.717, 1.165) is 50.7 Å². The summed E-state index contributed by atoms with van der Waals surface area (Å²) < 4.78 is 95.9. The summed E-state index contributed by atoms with van der Waals surface area (Å²) in [6.45, 7) is -0.286. The number of unbranched alkanes of at least 4 members (excludes halogenated alkanes) is 5. The number of aromatic amines is 1. The second-order valence-electron chi connectivity index (χ2n) is 11.9. The Labute approximate surface area is 294 Å². The Bertz CT molecular complexity index is 2140. The number of ether oxygens (including phenoxy) is 1. The van der Waals surface area contributed by atoms with Gasteiger partial charge in [-0.3, -0.25) is 13.9 Å². The number of aliphatic hydroxyl groups excluding tert-OH is 1. The lowest BCUT2D eigenvalue weighted by Gasteiger charge is -2.16. The minimum atomic E-state index is -4.47. The second kappa shape index (κ2) is 17.3. The van der Waals surface area contributed by atoms with Crippen molar-refractivity contribution in [1.82, 2.24) is 4.98 Å². The van der Waals surface area contributed by atoms with Crippen molar-refractivity contribution in [1.29, 1.82) is 0 Å². The summed E-state index contributed by atoms with van der Waals surface area (Å²) in [6.07, 6.45) is 5.33. The Balaban J connectivity index is 0.000000272. The molecule has 0 aliphatic rings. The number of benzene rings is 4. The number of phenolic OH excluding ortho intramolecular Hbond substituents is 1. The molecule has 5 rings (SSSR count). The van der Waals surface area contributed by atoms with Gasteiger partial charge in [0.1, 0.15) is 22.1 Å². The van der Waals surface area contributed by atoms with Crippen molar-refractivity contribution < 1.29 is 49.7 Å². The van der Waals surface area contributed by atoms with Crippen molar-refractivity contribution in [2.45, 2.75) is 66.8 Å². The number of phenols is 1. The van der Waals surface area contributed by atoms with Crippen LogP contribution in [0.25, 0.3) is 21.7 Å². The first kappa shape index (κ1) is 39.5. The second-order valence-corrected chi connectivity index (χ2v) is 14.7. The molecule has 11 nitrogen and oxygen atoms in total.